The number of hydrogen-bond acceptors (Lipinski definition) is 1. The van der Waals surface area contributed by atoms with Crippen LogP contribution in [0.2, 0.25) is 0 Å². The first-order valence-corrected chi connectivity index (χ1v) is 5.57. The van der Waals surface area contributed by atoms with E-state index in [0.717, 1.165) is 17.5 Å². The largest absolute Gasteiger partial charge is 0.497 e. The average molecular weight is 243 g/mol. The first-order valence-electron chi connectivity index (χ1n) is 4.45. The molecule has 0 amide bonds. The van der Waals surface area contributed by atoms with E-state index in [1.54, 1.807) is 7.11 Å². The molecule has 1 aromatic rings. The van der Waals surface area contributed by atoms with Crippen LogP contribution in [0.4, 0.5) is 0 Å². The van der Waals surface area contributed by atoms with Crippen LogP contribution < -0.4 is 4.74 Å². The third-order valence-corrected chi connectivity index (χ3v) is 3.11. The number of halogens is 1. The third-order valence-electron chi connectivity index (χ3n) is 2.01. The number of methoxy groups -OCH3 is 1. The normalized spacial score (nSPS) is 12.5. The summed E-state index contributed by atoms with van der Waals surface area (Å²) in [5.74, 6) is 1.61. The van der Waals surface area contributed by atoms with Crippen LogP contribution in [0.15, 0.2) is 24.3 Å². The maximum atomic E-state index is 5.09. The SMILES string of the molecule is COc1ccc(C[C@H](C)CBr)cc1. The highest BCUT2D eigenvalue weighted by Crippen LogP contribution is 2.15. The van der Waals surface area contributed by atoms with Crippen molar-refractivity contribution < 1.29 is 4.74 Å². The molecule has 1 atom stereocenters. The van der Waals surface area contributed by atoms with E-state index in [9.17, 15) is 0 Å². The van der Waals surface area contributed by atoms with Crippen molar-refractivity contribution >= 4 is 15.9 Å². The molecule has 2 heteroatoms. The Balaban J connectivity index is 2.58. The summed E-state index contributed by atoms with van der Waals surface area (Å²) in [7, 11) is 1.69. The lowest BCUT2D eigenvalue weighted by Crippen LogP contribution is -2.00. The summed E-state index contributed by atoms with van der Waals surface area (Å²) in [6.45, 7) is 2.24. The molecule has 0 radical (unpaired) electrons. The molecule has 0 aromatic heterocycles. The van der Waals surface area contributed by atoms with Crippen molar-refractivity contribution in [3.8, 4) is 5.75 Å². The predicted molar refractivity (Wildman–Crippen MR) is 59.7 cm³/mol. The molecular formula is C11H15BrO. The van der Waals surface area contributed by atoms with E-state index in [1.165, 1.54) is 5.56 Å². The summed E-state index contributed by atoms with van der Waals surface area (Å²) in [5.41, 5.74) is 1.37. The number of benzene rings is 1. The monoisotopic (exact) mass is 242 g/mol. The smallest absolute Gasteiger partial charge is 0.118 e. The van der Waals surface area contributed by atoms with Gasteiger partial charge in [0.05, 0.1) is 7.11 Å². The lowest BCUT2D eigenvalue weighted by atomic mass is 10.0. The molecule has 0 N–H and O–H groups in total. The topological polar surface area (TPSA) is 9.23 Å². The van der Waals surface area contributed by atoms with E-state index < -0.39 is 0 Å². The van der Waals surface area contributed by atoms with Gasteiger partial charge in [-0.1, -0.05) is 35.0 Å². The summed E-state index contributed by atoms with van der Waals surface area (Å²) in [4.78, 5) is 0. The molecule has 1 nitrogen and oxygen atoms in total. The van der Waals surface area contributed by atoms with Gasteiger partial charge in [-0.15, -0.1) is 0 Å². The molecule has 0 saturated heterocycles. The summed E-state index contributed by atoms with van der Waals surface area (Å²) in [6, 6.07) is 8.27. The highest BCUT2D eigenvalue weighted by molar-refractivity contribution is 9.09. The molecular weight excluding hydrogens is 228 g/mol. The Morgan fingerprint density at radius 3 is 2.38 bits per heavy atom. The fraction of sp³-hybridized carbons (Fsp3) is 0.455. The summed E-state index contributed by atoms with van der Waals surface area (Å²) < 4.78 is 5.09. The first-order chi connectivity index (χ1) is 6.26. The summed E-state index contributed by atoms with van der Waals surface area (Å²) in [5, 5.41) is 1.05. The molecule has 0 heterocycles. The summed E-state index contributed by atoms with van der Waals surface area (Å²) >= 11 is 3.48. The van der Waals surface area contributed by atoms with Gasteiger partial charge in [-0.2, -0.15) is 0 Å². The molecule has 0 aliphatic rings. The van der Waals surface area contributed by atoms with E-state index >= 15 is 0 Å². The Hall–Kier alpha value is -0.500. The summed E-state index contributed by atoms with van der Waals surface area (Å²) in [6.07, 6.45) is 1.12. The second-order valence-corrected chi connectivity index (χ2v) is 3.96. The Kier molecular flexibility index (Phi) is 4.29. The number of alkyl halides is 1. The van der Waals surface area contributed by atoms with Gasteiger partial charge in [-0.3, -0.25) is 0 Å². The van der Waals surface area contributed by atoms with Crippen LogP contribution in [0.3, 0.4) is 0 Å². The van der Waals surface area contributed by atoms with E-state index in [-0.39, 0.29) is 0 Å². The number of hydrogen-bond donors (Lipinski definition) is 0. The van der Waals surface area contributed by atoms with E-state index in [2.05, 4.69) is 35.0 Å². The Morgan fingerprint density at radius 2 is 1.92 bits per heavy atom. The van der Waals surface area contributed by atoms with E-state index in [4.69, 9.17) is 4.74 Å². The molecule has 0 saturated carbocycles. The molecule has 72 valence electrons. The molecule has 13 heavy (non-hydrogen) atoms. The minimum Gasteiger partial charge on any atom is -0.497 e. The minimum atomic E-state index is 0.688. The molecule has 0 bridgehead atoms. The van der Waals surface area contributed by atoms with Gasteiger partial charge >= 0.3 is 0 Å². The van der Waals surface area contributed by atoms with Gasteiger partial charge in [0.15, 0.2) is 0 Å². The molecule has 0 unspecified atom stereocenters. The van der Waals surface area contributed by atoms with Crippen LogP contribution in [0.1, 0.15) is 12.5 Å². The first kappa shape index (κ1) is 10.6. The van der Waals surface area contributed by atoms with Crippen molar-refractivity contribution in [2.24, 2.45) is 5.92 Å². The van der Waals surface area contributed by atoms with Crippen LogP contribution in [0, 0.1) is 5.92 Å². The minimum absolute atomic E-state index is 0.688. The van der Waals surface area contributed by atoms with E-state index in [1.807, 2.05) is 12.1 Å². The average Bonchev–Trinajstić information content (AvgIpc) is 2.19. The Bertz CT molecular complexity index is 243. The van der Waals surface area contributed by atoms with Crippen molar-refractivity contribution in [1.29, 1.82) is 0 Å². The van der Waals surface area contributed by atoms with E-state index in [0.29, 0.717) is 5.92 Å². The third kappa shape index (κ3) is 3.39. The van der Waals surface area contributed by atoms with Gasteiger partial charge in [0.1, 0.15) is 5.75 Å². The Labute approximate surface area is 88.2 Å². The van der Waals surface area contributed by atoms with Crippen molar-refractivity contribution in [2.75, 3.05) is 12.4 Å². The standard InChI is InChI=1S/C11H15BrO/c1-9(8-12)7-10-3-5-11(13-2)6-4-10/h3-6,9H,7-8H2,1-2H3/t9-/m0/s1. The quantitative estimate of drug-likeness (QED) is 0.737. The zero-order chi connectivity index (χ0) is 9.68. The highest BCUT2D eigenvalue weighted by Gasteiger charge is 2.01. The second-order valence-electron chi connectivity index (χ2n) is 3.31. The van der Waals surface area contributed by atoms with Gasteiger partial charge in [0.2, 0.25) is 0 Å². The molecule has 0 aliphatic heterocycles. The van der Waals surface area contributed by atoms with Crippen LogP contribution >= 0.6 is 15.9 Å². The van der Waals surface area contributed by atoms with Crippen molar-refractivity contribution in [3.63, 3.8) is 0 Å². The molecule has 0 fully saturated rings. The zero-order valence-corrected chi connectivity index (χ0v) is 9.67. The molecule has 1 rings (SSSR count). The van der Waals surface area contributed by atoms with Gasteiger partial charge < -0.3 is 4.74 Å². The Morgan fingerprint density at radius 1 is 1.31 bits per heavy atom. The molecule has 0 aliphatic carbocycles. The highest BCUT2D eigenvalue weighted by atomic mass is 79.9. The van der Waals surface area contributed by atoms with Crippen molar-refractivity contribution in [2.45, 2.75) is 13.3 Å². The van der Waals surface area contributed by atoms with Crippen LogP contribution in [-0.2, 0) is 6.42 Å². The zero-order valence-electron chi connectivity index (χ0n) is 8.09. The van der Waals surface area contributed by atoms with Gasteiger partial charge in [-0.05, 0) is 30.0 Å². The molecule has 1 aromatic carbocycles. The van der Waals surface area contributed by atoms with Gasteiger partial charge in [0, 0.05) is 5.33 Å². The second kappa shape index (κ2) is 5.28. The van der Waals surface area contributed by atoms with Crippen LogP contribution in [-0.4, -0.2) is 12.4 Å². The maximum Gasteiger partial charge on any atom is 0.118 e. The lowest BCUT2D eigenvalue weighted by Gasteiger charge is -2.07. The van der Waals surface area contributed by atoms with Crippen LogP contribution in [0.5, 0.6) is 5.75 Å². The number of rotatable bonds is 4. The van der Waals surface area contributed by atoms with Gasteiger partial charge in [0.25, 0.3) is 0 Å². The van der Waals surface area contributed by atoms with Crippen molar-refractivity contribution in [1.82, 2.24) is 0 Å². The number of ether oxygens (including phenoxy) is 1. The fourth-order valence-corrected chi connectivity index (χ4v) is 1.45. The van der Waals surface area contributed by atoms with Gasteiger partial charge in [-0.25, -0.2) is 0 Å². The fourth-order valence-electron chi connectivity index (χ4n) is 1.22. The predicted octanol–water partition coefficient (Wildman–Crippen LogP) is 3.27. The maximum absolute atomic E-state index is 5.09. The van der Waals surface area contributed by atoms with Crippen molar-refractivity contribution in [3.05, 3.63) is 29.8 Å². The van der Waals surface area contributed by atoms with Crippen LogP contribution in [0.25, 0.3) is 0 Å². The lowest BCUT2D eigenvalue weighted by molar-refractivity contribution is 0.414. The molecule has 0 spiro atoms.